The summed E-state index contributed by atoms with van der Waals surface area (Å²) in [5.41, 5.74) is -0.278. The van der Waals surface area contributed by atoms with Crippen molar-refractivity contribution < 1.29 is 14.3 Å². The zero-order valence-electron chi connectivity index (χ0n) is 12.1. The van der Waals surface area contributed by atoms with Gasteiger partial charge < -0.3 is 14.5 Å². The first-order valence-electron chi connectivity index (χ1n) is 6.72. The average Bonchev–Trinajstić information content (AvgIpc) is 2.45. The molecule has 1 N–H and O–H groups in total. The molecule has 0 spiro atoms. The van der Waals surface area contributed by atoms with E-state index >= 15 is 0 Å². The molecule has 2 rings (SSSR count). The summed E-state index contributed by atoms with van der Waals surface area (Å²) in [6, 6.07) is 1.47. The lowest BCUT2D eigenvalue weighted by Gasteiger charge is -2.36. The van der Waals surface area contributed by atoms with Crippen LogP contribution in [-0.4, -0.2) is 35.8 Å². The van der Waals surface area contributed by atoms with Gasteiger partial charge in [0.2, 0.25) is 0 Å². The molecule has 20 heavy (non-hydrogen) atoms. The molecule has 1 fully saturated rings. The highest BCUT2D eigenvalue weighted by Crippen LogP contribution is 2.39. The van der Waals surface area contributed by atoms with Crippen molar-refractivity contribution in [1.82, 2.24) is 9.97 Å². The van der Waals surface area contributed by atoms with Crippen molar-refractivity contribution >= 4 is 5.97 Å². The van der Waals surface area contributed by atoms with E-state index in [1.54, 1.807) is 6.92 Å². The SMILES string of the molecule is COC(=O)C1(OC)CCC(c2nc(C)cc(=O)[nH]2)CC1. The molecule has 0 aliphatic heterocycles. The maximum atomic E-state index is 11.9. The number of aryl methyl sites for hydroxylation is 1. The number of ether oxygens (including phenoxy) is 2. The van der Waals surface area contributed by atoms with Gasteiger partial charge >= 0.3 is 5.97 Å². The molecule has 1 aromatic rings. The predicted octanol–water partition coefficient (Wildman–Crippen LogP) is 1.29. The number of carbonyl (C=O) groups excluding carboxylic acids is 1. The highest BCUT2D eigenvalue weighted by Gasteiger charge is 2.43. The van der Waals surface area contributed by atoms with Crippen molar-refractivity contribution in [3.63, 3.8) is 0 Å². The van der Waals surface area contributed by atoms with Crippen molar-refractivity contribution in [2.45, 2.75) is 44.1 Å². The maximum absolute atomic E-state index is 11.9. The van der Waals surface area contributed by atoms with E-state index in [9.17, 15) is 9.59 Å². The maximum Gasteiger partial charge on any atom is 0.338 e. The second-order valence-corrected chi connectivity index (χ2v) is 5.24. The summed E-state index contributed by atoms with van der Waals surface area (Å²) < 4.78 is 10.2. The first-order valence-corrected chi connectivity index (χ1v) is 6.72. The molecular weight excluding hydrogens is 260 g/mol. The number of methoxy groups -OCH3 is 2. The topological polar surface area (TPSA) is 81.3 Å². The van der Waals surface area contributed by atoms with Crippen molar-refractivity contribution in [2.24, 2.45) is 0 Å². The molecular formula is C14H20N2O4. The Morgan fingerprint density at radius 1 is 1.40 bits per heavy atom. The summed E-state index contributed by atoms with van der Waals surface area (Å²) in [5, 5.41) is 0. The zero-order chi connectivity index (χ0) is 14.8. The minimum absolute atomic E-state index is 0.135. The second kappa shape index (κ2) is 5.75. The van der Waals surface area contributed by atoms with Crippen LogP contribution in [0.1, 0.15) is 43.1 Å². The number of H-pyrrole nitrogens is 1. The number of carbonyl (C=O) groups is 1. The fourth-order valence-electron chi connectivity index (χ4n) is 2.83. The van der Waals surface area contributed by atoms with Gasteiger partial charge in [0.1, 0.15) is 5.82 Å². The number of esters is 1. The van der Waals surface area contributed by atoms with Gasteiger partial charge in [-0.15, -0.1) is 0 Å². The van der Waals surface area contributed by atoms with Gasteiger partial charge in [0.25, 0.3) is 5.56 Å². The van der Waals surface area contributed by atoms with Crippen molar-refractivity contribution in [3.8, 4) is 0 Å². The van der Waals surface area contributed by atoms with Crippen LogP contribution in [0.2, 0.25) is 0 Å². The summed E-state index contributed by atoms with van der Waals surface area (Å²) in [4.78, 5) is 30.5. The normalized spacial score (nSPS) is 26.2. The van der Waals surface area contributed by atoms with Gasteiger partial charge in [-0.25, -0.2) is 9.78 Å². The third kappa shape index (κ3) is 2.75. The van der Waals surface area contributed by atoms with Crippen molar-refractivity contribution in [2.75, 3.05) is 14.2 Å². The van der Waals surface area contributed by atoms with Crippen LogP contribution in [0.15, 0.2) is 10.9 Å². The molecule has 0 radical (unpaired) electrons. The molecule has 0 amide bonds. The molecule has 0 saturated heterocycles. The Labute approximate surface area is 117 Å². The molecule has 0 atom stereocenters. The van der Waals surface area contributed by atoms with Gasteiger partial charge in [0.15, 0.2) is 5.60 Å². The molecule has 0 bridgehead atoms. The number of hydrogen-bond acceptors (Lipinski definition) is 5. The molecule has 1 aliphatic rings. The van der Waals surface area contributed by atoms with E-state index in [2.05, 4.69) is 9.97 Å². The predicted molar refractivity (Wildman–Crippen MR) is 72.6 cm³/mol. The number of nitrogens with one attached hydrogen (secondary N) is 1. The first kappa shape index (κ1) is 14.7. The molecule has 0 unspecified atom stereocenters. The molecule has 110 valence electrons. The van der Waals surface area contributed by atoms with E-state index < -0.39 is 5.60 Å². The Hall–Kier alpha value is -1.69. The van der Waals surface area contributed by atoms with Gasteiger partial charge in [-0.05, 0) is 32.6 Å². The third-order valence-electron chi connectivity index (χ3n) is 4.02. The summed E-state index contributed by atoms with van der Waals surface area (Å²) in [6.07, 6.45) is 2.60. The summed E-state index contributed by atoms with van der Waals surface area (Å²) >= 11 is 0. The Morgan fingerprint density at radius 3 is 2.55 bits per heavy atom. The Morgan fingerprint density at radius 2 is 2.05 bits per heavy atom. The molecule has 6 nitrogen and oxygen atoms in total. The lowest BCUT2D eigenvalue weighted by molar-refractivity contribution is -0.170. The van der Waals surface area contributed by atoms with Crippen molar-refractivity contribution in [3.05, 3.63) is 27.9 Å². The molecule has 1 saturated carbocycles. The van der Waals surface area contributed by atoms with Crippen LogP contribution in [0.5, 0.6) is 0 Å². The number of nitrogens with zero attached hydrogens (tertiary/aromatic N) is 1. The van der Waals surface area contributed by atoms with Gasteiger partial charge in [0.05, 0.1) is 7.11 Å². The monoisotopic (exact) mass is 280 g/mol. The smallest absolute Gasteiger partial charge is 0.338 e. The van der Waals surface area contributed by atoms with E-state index in [0.717, 1.165) is 12.8 Å². The second-order valence-electron chi connectivity index (χ2n) is 5.24. The van der Waals surface area contributed by atoms with E-state index in [4.69, 9.17) is 9.47 Å². The Bertz CT molecular complexity index is 544. The Balaban J connectivity index is 2.14. The number of aromatic amines is 1. The van der Waals surface area contributed by atoms with Gasteiger partial charge in [-0.1, -0.05) is 0 Å². The van der Waals surface area contributed by atoms with E-state index in [1.165, 1.54) is 20.3 Å². The van der Waals surface area contributed by atoms with Gasteiger partial charge in [-0.2, -0.15) is 0 Å². The quantitative estimate of drug-likeness (QED) is 0.844. The zero-order valence-corrected chi connectivity index (χ0v) is 12.1. The highest BCUT2D eigenvalue weighted by molar-refractivity contribution is 5.79. The lowest BCUT2D eigenvalue weighted by atomic mass is 9.78. The lowest BCUT2D eigenvalue weighted by Crippen LogP contribution is -2.44. The van der Waals surface area contributed by atoms with Crippen molar-refractivity contribution in [1.29, 1.82) is 0 Å². The Kier molecular flexibility index (Phi) is 4.23. The van der Waals surface area contributed by atoms with Crippen LogP contribution in [0, 0.1) is 6.92 Å². The van der Waals surface area contributed by atoms with E-state index in [0.29, 0.717) is 24.4 Å². The summed E-state index contributed by atoms with van der Waals surface area (Å²) in [5.74, 6) is 0.518. The molecule has 1 aliphatic carbocycles. The number of rotatable bonds is 3. The fourth-order valence-corrected chi connectivity index (χ4v) is 2.83. The van der Waals surface area contributed by atoms with Crippen LogP contribution in [0.4, 0.5) is 0 Å². The number of aromatic nitrogens is 2. The van der Waals surface area contributed by atoms with Crippen LogP contribution < -0.4 is 5.56 Å². The largest absolute Gasteiger partial charge is 0.467 e. The van der Waals surface area contributed by atoms with Gasteiger partial charge in [0, 0.05) is 24.8 Å². The van der Waals surface area contributed by atoms with Crippen LogP contribution in [0.25, 0.3) is 0 Å². The molecule has 1 aromatic heterocycles. The van der Waals surface area contributed by atoms with Crippen LogP contribution in [-0.2, 0) is 14.3 Å². The first-order chi connectivity index (χ1) is 9.50. The average molecular weight is 280 g/mol. The molecule has 6 heteroatoms. The van der Waals surface area contributed by atoms with E-state index in [1.807, 2.05) is 0 Å². The highest BCUT2D eigenvalue weighted by atomic mass is 16.6. The fraction of sp³-hybridized carbons (Fsp3) is 0.643. The minimum atomic E-state index is -0.852. The van der Waals surface area contributed by atoms with Crippen LogP contribution >= 0.6 is 0 Å². The standard InChI is InChI=1S/C14H20N2O4/c1-9-8-11(17)16-12(15-9)10-4-6-14(20-3,7-5-10)13(18)19-2/h8,10H,4-7H2,1-3H3,(H,15,16,17). The van der Waals surface area contributed by atoms with Gasteiger partial charge in [-0.3, -0.25) is 4.79 Å². The summed E-state index contributed by atoms with van der Waals surface area (Å²) in [6.45, 7) is 1.80. The summed E-state index contributed by atoms with van der Waals surface area (Å²) in [7, 11) is 2.90. The van der Waals surface area contributed by atoms with E-state index in [-0.39, 0.29) is 17.4 Å². The van der Waals surface area contributed by atoms with Crippen LogP contribution in [0.3, 0.4) is 0 Å². The third-order valence-corrected chi connectivity index (χ3v) is 4.02. The number of hydrogen-bond donors (Lipinski definition) is 1. The molecule has 0 aromatic carbocycles. The molecule has 1 heterocycles. The minimum Gasteiger partial charge on any atom is -0.467 e.